The number of anilines is 1. The van der Waals surface area contributed by atoms with Gasteiger partial charge in [0.05, 0.1) is 17.2 Å². The van der Waals surface area contributed by atoms with Crippen molar-refractivity contribution in [3.05, 3.63) is 58.8 Å². The van der Waals surface area contributed by atoms with E-state index in [4.69, 9.17) is 0 Å². The number of carbonyl (C=O) groups is 1. The van der Waals surface area contributed by atoms with Crippen LogP contribution >= 0.6 is 15.9 Å². The van der Waals surface area contributed by atoms with E-state index in [0.29, 0.717) is 5.56 Å². The Balaban J connectivity index is 1.61. The highest BCUT2D eigenvalue weighted by Crippen LogP contribution is 2.09. The van der Waals surface area contributed by atoms with Crippen LogP contribution in [-0.4, -0.2) is 30.5 Å². The average molecular weight is 379 g/mol. The molecular formula is C14H12BrFN6O. The maximum absolute atomic E-state index is 13.6. The molecule has 2 heterocycles. The highest BCUT2D eigenvalue weighted by atomic mass is 79.9. The summed E-state index contributed by atoms with van der Waals surface area (Å²) in [5, 5.41) is 10.7. The summed E-state index contributed by atoms with van der Waals surface area (Å²) in [6.45, 7) is 0.287. The SMILES string of the molecule is O=C(Cn1cc(Br)cn1)Nc1ncn(Cc2ccccc2F)n1. The first-order valence-electron chi connectivity index (χ1n) is 6.71. The zero-order valence-electron chi connectivity index (χ0n) is 11.9. The minimum Gasteiger partial charge on any atom is -0.292 e. The second kappa shape index (κ2) is 6.69. The van der Waals surface area contributed by atoms with E-state index in [1.165, 1.54) is 21.8 Å². The topological polar surface area (TPSA) is 77.6 Å². The highest BCUT2D eigenvalue weighted by molar-refractivity contribution is 9.10. The van der Waals surface area contributed by atoms with Gasteiger partial charge in [0.15, 0.2) is 0 Å². The molecular weight excluding hydrogens is 367 g/mol. The second-order valence-corrected chi connectivity index (χ2v) is 5.68. The number of nitrogens with zero attached hydrogens (tertiary/aromatic N) is 5. The summed E-state index contributed by atoms with van der Waals surface area (Å²) in [4.78, 5) is 15.9. The number of nitrogens with one attached hydrogen (secondary N) is 1. The predicted molar refractivity (Wildman–Crippen MR) is 84.1 cm³/mol. The van der Waals surface area contributed by atoms with Crippen LogP contribution in [0.2, 0.25) is 0 Å². The van der Waals surface area contributed by atoms with E-state index >= 15 is 0 Å². The van der Waals surface area contributed by atoms with Crippen LogP contribution < -0.4 is 5.32 Å². The van der Waals surface area contributed by atoms with Crippen LogP contribution in [0.1, 0.15) is 5.56 Å². The molecule has 3 rings (SSSR count). The third-order valence-corrected chi connectivity index (χ3v) is 3.39. The van der Waals surface area contributed by atoms with Crippen molar-refractivity contribution in [2.75, 3.05) is 5.32 Å². The first-order chi connectivity index (χ1) is 11.1. The number of benzene rings is 1. The van der Waals surface area contributed by atoms with Gasteiger partial charge in [-0.2, -0.15) is 5.10 Å². The van der Waals surface area contributed by atoms with Gasteiger partial charge in [-0.05, 0) is 22.0 Å². The van der Waals surface area contributed by atoms with Crippen LogP contribution in [-0.2, 0) is 17.9 Å². The molecule has 0 bridgehead atoms. The van der Waals surface area contributed by atoms with Gasteiger partial charge >= 0.3 is 0 Å². The molecule has 7 nitrogen and oxygen atoms in total. The normalized spacial score (nSPS) is 10.7. The smallest absolute Gasteiger partial charge is 0.248 e. The van der Waals surface area contributed by atoms with Crippen LogP contribution in [0.25, 0.3) is 0 Å². The third kappa shape index (κ3) is 4.01. The van der Waals surface area contributed by atoms with Crippen LogP contribution in [0.4, 0.5) is 10.3 Å². The molecule has 0 aliphatic heterocycles. The van der Waals surface area contributed by atoms with E-state index < -0.39 is 0 Å². The molecule has 2 aromatic heterocycles. The van der Waals surface area contributed by atoms with E-state index in [2.05, 4.69) is 36.4 Å². The van der Waals surface area contributed by atoms with Gasteiger partial charge in [-0.25, -0.2) is 14.1 Å². The van der Waals surface area contributed by atoms with Crippen molar-refractivity contribution in [2.24, 2.45) is 0 Å². The van der Waals surface area contributed by atoms with Gasteiger partial charge in [0.1, 0.15) is 18.7 Å². The van der Waals surface area contributed by atoms with E-state index in [-0.39, 0.29) is 30.8 Å². The van der Waals surface area contributed by atoms with Gasteiger partial charge in [-0.1, -0.05) is 18.2 Å². The Hall–Kier alpha value is -2.55. The fraction of sp³-hybridized carbons (Fsp3) is 0.143. The molecule has 1 aromatic carbocycles. The van der Waals surface area contributed by atoms with Crippen molar-refractivity contribution in [1.82, 2.24) is 24.5 Å². The summed E-state index contributed by atoms with van der Waals surface area (Å²) in [6, 6.07) is 6.43. The Morgan fingerprint density at radius 1 is 1.30 bits per heavy atom. The molecule has 23 heavy (non-hydrogen) atoms. The van der Waals surface area contributed by atoms with Crippen LogP contribution in [0.3, 0.4) is 0 Å². The van der Waals surface area contributed by atoms with Crippen molar-refractivity contribution < 1.29 is 9.18 Å². The zero-order chi connectivity index (χ0) is 16.2. The van der Waals surface area contributed by atoms with Gasteiger partial charge in [0.25, 0.3) is 0 Å². The third-order valence-electron chi connectivity index (χ3n) is 2.99. The van der Waals surface area contributed by atoms with Crippen LogP contribution in [0.15, 0.2) is 47.5 Å². The number of amides is 1. The summed E-state index contributed by atoms with van der Waals surface area (Å²) in [6.07, 6.45) is 4.71. The Morgan fingerprint density at radius 2 is 2.13 bits per heavy atom. The number of hydrogen-bond donors (Lipinski definition) is 1. The minimum atomic E-state index is -0.308. The lowest BCUT2D eigenvalue weighted by Gasteiger charge is -2.03. The maximum atomic E-state index is 13.6. The molecule has 1 N–H and O–H groups in total. The van der Waals surface area contributed by atoms with Gasteiger partial charge in [0.2, 0.25) is 11.9 Å². The highest BCUT2D eigenvalue weighted by Gasteiger charge is 2.09. The minimum absolute atomic E-state index is 0.0491. The quantitative estimate of drug-likeness (QED) is 0.736. The zero-order valence-corrected chi connectivity index (χ0v) is 13.4. The molecule has 0 aliphatic rings. The van der Waals surface area contributed by atoms with Gasteiger partial charge < -0.3 is 0 Å². The molecule has 0 unspecified atom stereocenters. The monoisotopic (exact) mass is 378 g/mol. The lowest BCUT2D eigenvalue weighted by molar-refractivity contribution is -0.116. The van der Waals surface area contributed by atoms with E-state index in [9.17, 15) is 9.18 Å². The van der Waals surface area contributed by atoms with E-state index in [1.807, 2.05) is 0 Å². The van der Waals surface area contributed by atoms with E-state index in [0.717, 1.165) is 4.47 Å². The summed E-state index contributed by atoms with van der Waals surface area (Å²) >= 11 is 3.26. The summed E-state index contributed by atoms with van der Waals surface area (Å²) < 4.78 is 17.3. The lowest BCUT2D eigenvalue weighted by Crippen LogP contribution is -2.20. The number of rotatable bonds is 5. The van der Waals surface area contributed by atoms with Crippen LogP contribution in [0.5, 0.6) is 0 Å². The van der Waals surface area contributed by atoms with Gasteiger partial charge in [0, 0.05) is 11.8 Å². The fourth-order valence-electron chi connectivity index (χ4n) is 1.97. The molecule has 0 fully saturated rings. The second-order valence-electron chi connectivity index (χ2n) is 4.76. The average Bonchev–Trinajstić information content (AvgIpc) is 3.11. The van der Waals surface area contributed by atoms with E-state index in [1.54, 1.807) is 30.6 Å². The maximum Gasteiger partial charge on any atom is 0.248 e. The molecule has 0 spiro atoms. The largest absolute Gasteiger partial charge is 0.292 e. The Bertz CT molecular complexity index is 830. The molecule has 118 valence electrons. The molecule has 0 saturated carbocycles. The molecule has 3 aromatic rings. The Kier molecular flexibility index (Phi) is 4.47. The van der Waals surface area contributed by atoms with Gasteiger partial charge in [-0.15, -0.1) is 5.10 Å². The molecule has 9 heteroatoms. The number of carbonyl (C=O) groups excluding carboxylic acids is 1. The number of halogens is 2. The molecule has 0 saturated heterocycles. The van der Waals surface area contributed by atoms with Crippen molar-refractivity contribution in [3.63, 3.8) is 0 Å². The summed E-state index contributed by atoms with van der Waals surface area (Å²) in [5.41, 5.74) is 0.497. The predicted octanol–water partition coefficient (Wildman–Crippen LogP) is 2.06. The molecule has 0 atom stereocenters. The summed E-state index contributed by atoms with van der Waals surface area (Å²) in [7, 11) is 0. The number of hydrogen-bond acceptors (Lipinski definition) is 4. The number of aromatic nitrogens is 5. The first kappa shape index (κ1) is 15.3. The fourth-order valence-corrected chi connectivity index (χ4v) is 2.29. The molecule has 0 radical (unpaired) electrons. The van der Waals surface area contributed by atoms with Gasteiger partial charge in [-0.3, -0.25) is 14.8 Å². The van der Waals surface area contributed by atoms with Crippen molar-refractivity contribution in [2.45, 2.75) is 13.1 Å². The van der Waals surface area contributed by atoms with Crippen molar-refractivity contribution in [1.29, 1.82) is 0 Å². The first-order valence-corrected chi connectivity index (χ1v) is 7.50. The molecule has 0 aliphatic carbocycles. The standard InChI is InChI=1S/C14H12BrFN6O/c15-11-5-18-21(7-11)8-13(23)19-14-17-9-22(20-14)6-10-3-1-2-4-12(10)16/h1-5,7,9H,6,8H2,(H,19,20,23). The Labute approximate surface area is 139 Å². The lowest BCUT2D eigenvalue weighted by atomic mass is 10.2. The summed E-state index contributed by atoms with van der Waals surface area (Å²) in [5.74, 6) is -0.445. The van der Waals surface area contributed by atoms with Crippen molar-refractivity contribution >= 4 is 27.8 Å². The molecule has 1 amide bonds. The van der Waals surface area contributed by atoms with Crippen LogP contribution in [0, 0.1) is 5.82 Å². The van der Waals surface area contributed by atoms with Crippen molar-refractivity contribution in [3.8, 4) is 0 Å². The Morgan fingerprint density at radius 3 is 2.87 bits per heavy atom.